The Morgan fingerprint density at radius 3 is 2.92 bits per heavy atom. The van der Waals surface area contributed by atoms with Gasteiger partial charge in [0.25, 0.3) is 17.4 Å². The van der Waals surface area contributed by atoms with Gasteiger partial charge in [-0.15, -0.1) is 0 Å². The van der Waals surface area contributed by atoms with Crippen LogP contribution in [0.4, 0.5) is 0 Å². The van der Waals surface area contributed by atoms with Crippen molar-refractivity contribution in [3.63, 3.8) is 0 Å². The van der Waals surface area contributed by atoms with Crippen LogP contribution in [-0.4, -0.2) is 45.5 Å². The molecule has 0 radical (unpaired) electrons. The maximum atomic E-state index is 12.7. The minimum absolute atomic E-state index is 0.124. The van der Waals surface area contributed by atoms with E-state index < -0.39 is 5.91 Å². The van der Waals surface area contributed by atoms with E-state index in [1.54, 1.807) is 30.3 Å². The topological polar surface area (TPSA) is 108 Å². The van der Waals surface area contributed by atoms with Gasteiger partial charge in [-0.25, -0.2) is 0 Å². The summed E-state index contributed by atoms with van der Waals surface area (Å²) in [4.78, 5) is 41.6. The molecule has 0 aliphatic carbocycles. The lowest BCUT2D eigenvalue weighted by Crippen LogP contribution is -2.46. The van der Waals surface area contributed by atoms with E-state index in [1.807, 2.05) is 0 Å². The van der Waals surface area contributed by atoms with Crippen LogP contribution in [0.2, 0.25) is 0 Å². The third-order valence-corrected chi connectivity index (χ3v) is 4.31. The second-order valence-corrected chi connectivity index (χ2v) is 6.21. The number of hydrogen-bond donors (Lipinski definition) is 1. The number of aryl methyl sites for hydroxylation is 1. The van der Waals surface area contributed by atoms with Crippen molar-refractivity contribution in [2.24, 2.45) is 12.8 Å². The first kappa shape index (κ1) is 17.7. The average molecular weight is 356 g/mol. The summed E-state index contributed by atoms with van der Waals surface area (Å²) in [5, 5.41) is 0. The van der Waals surface area contributed by atoms with Crippen molar-refractivity contribution in [1.29, 1.82) is 0 Å². The lowest BCUT2D eigenvalue weighted by atomic mass is 10.1. The molecule has 0 aromatic carbocycles. The number of primary amides is 1. The van der Waals surface area contributed by atoms with E-state index in [1.165, 1.54) is 22.9 Å². The zero-order valence-electron chi connectivity index (χ0n) is 14.4. The van der Waals surface area contributed by atoms with Crippen molar-refractivity contribution < 1.29 is 14.3 Å². The average Bonchev–Trinajstić information content (AvgIpc) is 2.64. The smallest absolute Gasteiger partial charge is 0.267 e. The number of ether oxygens (including phenoxy) is 1. The van der Waals surface area contributed by atoms with Crippen LogP contribution in [0.5, 0.6) is 5.75 Å². The number of pyridine rings is 2. The van der Waals surface area contributed by atoms with Crippen LogP contribution in [-0.2, 0) is 7.05 Å². The van der Waals surface area contributed by atoms with Gasteiger partial charge in [0, 0.05) is 32.1 Å². The summed E-state index contributed by atoms with van der Waals surface area (Å²) >= 11 is 0. The van der Waals surface area contributed by atoms with Gasteiger partial charge in [0.15, 0.2) is 0 Å². The Morgan fingerprint density at radius 2 is 2.15 bits per heavy atom. The van der Waals surface area contributed by atoms with E-state index >= 15 is 0 Å². The summed E-state index contributed by atoms with van der Waals surface area (Å²) < 4.78 is 7.27. The molecule has 0 saturated carbocycles. The van der Waals surface area contributed by atoms with Gasteiger partial charge in [-0.3, -0.25) is 19.4 Å². The fourth-order valence-electron chi connectivity index (χ4n) is 2.96. The van der Waals surface area contributed by atoms with Gasteiger partial charge in [-0.2, -0.15) is 0 Å². The predicted octanol–water partition coefficient (Wildman–Crippen LogP) is 0.563. The molecule has 2 aromatic rings. The van der Waals surface area contributed by atoms with E-state index in [0.29, 0.717) is 18.8 Å². The van der Waals surface area contributed by atoms with Crippen LogP contribution < -0.4 is 16.0 Å². The molecule has 136 valence electrons. The first-order valence-corrected chi connectivity index (χ1v) is 8.33. The Balaban J connectivity index is 1.72. The SMILES string of the molecule is Cn1cccc(C(=O)N2CCCC(Oc3ccnc(C(N)=O)c3)C2)c1=O. The monoisotopic (exact) mass is 356 g/mol. The normalized spacial score (nSPS) is 17.0. The standard InChI is InChI=1S/C18H20N4O4/c1-21-8-3-5-14(17(21)24)18(25)22-9-2-4-13(11-22)26-12-6-7-20-15(10-12)16(19)23/h3,5-8,10,13H,2,4,9,11H2,1H3,(H2,19,23). The molecule has 26 heavy (non-hydrogen) atoms. The maximum Gasteiger partial charge on any atom is 0.267 e. The van der Waals surface area contributed by atoms with Crippen molar-refractivity contribution in [1.82, 2.24) is 14.5 Å². The molecular formula is C18H20N4O4. The van der Waals surface area contributed by atoms with Gasteiger partial charge in [0.2, 0.25) is 0 Å². The van der Waals surface area contributed by atoms with Crippen LogP contribution in [0.15, 0.2) is 41.5 Å². The largest absolute Gasteiger partial charge is 0.488 e. The van der Waals surface area contributed by atoms with Crippen LogP contribution in [0.3, 0.4) is 0 Å². The minimum atomic E-state index is -0.629. The Labute approximate surface area is 150 Å². The molecule has 1 unspecified atom stereocenters. The molecule has 8 heteroatoms. The number of piperidine rings is 1. The highest BCUT2D eigenvalue weighted by atomic mass is 16.5. The second kappa shape index (κ2) is 7.38. The highest BCUT2D eigenvalue weighted by molar-refractivity contribution is 5.94. The van der Waals surface area contributed by atoms with E-state index in [4.69, 9.17) is 10.5 Å². The Bertz CT molecular complexity index is 893. The van der Waals surface area contributed by atoms with E-state index in [0.717, 1.165) is 12.8 Å². The molecule has 1 fully saturated rings. The molecule has 1 saturated heterocycles. The number of hydrogen-bond acceptors (Lipinski definition) is 5. The molecular weight excluding hydrogens is 336 g/mol. The van der Waals surface area contributed by atoms with Crippen molar-refractivity contribution in [3.05, 3.63) is 58.3 Å². The van der Waals surface area contributed by atoms with Crippen molar-refractivity contribution >= 4 is 11.8 Å². The zero-order valence-corrected chi connectivity index (χ0v) is 14.4. The number of carbonyl (C=O) groups excluding carboxylic acids is 2. The molecule has 1 aliphatic heterocycles. The van der Waals surface area contributed by atoms with Crippen molar-refractivity contribution in [2.45, 2.75) is 18.9 Å². The Morgan fingerprint density at radius 1 is 1.35 bits per heavy atom. The number of nitrogens with two attached hydrogens (primary N) is 1. The maximum absolute atomic E-state index is 12.7. The van der Waals surface area contributed by atoms with Crippen molar-refractivity contribution in [2.75, 3.05) is 13.1 Å². The lowest BCUT2D eigenvalue weighted by Gasteiger charge is -2.32. The molecule has 3 heterocycles. The van der Waals surface area contributed by atoms with Crippen molar-refractivity contribution in [3.8, 4) is 5.75 Å². The Hall–Kier alpha value is -3.16. The van der Waals surface area contributed by atoms with Crippen LogP contribution in [0.25, 0.3) is 0 Å². The summed E-state index contributed by atoms with van der Waals surface area (Å²) in [6, 6.07) is 6.34. The first-order valence-electron chi connectivity index (χ1n) is 8.33. The molecule has 1 atom stereocenters. The molecule has 3 rings (SSSR count). The number of amides is 2. The van der Waals surface area contributed by atoms with Gasteiger partial charge in [0.05, 0.1) is 6.54 Å². The predicted molar refractivity (Wildman–Crippen MR) is 94.0 cm³/mol. The van der Waals surface area contributed by atoms with Gasteiger partial charge in [-0.1, -0.05) is 0 Å². The zero-order chi connectivity index (χ0) is 18.7. The number of nitrogens with zero attached hydrogens (tertiary/aromatic N) is 3. The summed E-state index contributed by atoms with van der Waals surface area (Å²) in [6.07, 6.45) is 4.36. The Kier molecular flexibility index (Phi) is 5.01. The fraction of sp³-hybridized carbons (Fsp3) is 0.333. The molecule has 8 nitrogen and oxygen atoms in total. The fourth-order valence-corrected chi connectivity index (χ4v) is 2.96. The summed E-state index contributed by atoms with van der Waals surface area (Å²) in [6.45, 7) is 0.935. The van der Waals surface area contributed by atoms with Crippen LogP contribution in [0, 0.1) is 0 Å². The number of aromatic nitrogens is 2. The molecule has 1 aliphatic rings. The van der Waals surface area contributed by atoms with Gasteiger partial charge in [-0.05, 0) is 31.0 Å². The highest BCUT2D eigenvalue weighted by Gasteiger charge is 2.27. The van der Waals surface area contributed by atoms with E-state index in [-0.39, 0.29) is 28.8 Å². The second-order valence-electron chi connectivity index (χ2n) is 6.21. The molecule has 2 N–H and O–H groups in total. The van der Waals surface area contributed by atoms with E-state index in [9.17, 15) is 14.4 Å². The summed E-state index contributed by atoms with van der Waals surface area (Å²) in [5.41, 5.74) is 5.18. The molecule has 0 spiro atoms. The third-order valence-electron chi connectivity index (χ3n) is 4.31. The number of rotatable bonds is 4. The third kappa shape index (κ3) is 3.74. The highest BCUT2D eigenvalue weighted by Crippen LogP contribution is 2.19. The van der Waals surface area contributed by atoms with Gasteiger partial charge >= 0.3 is 0 Å². The van der Waals surface area contributed by atoms with E-state index in [2.05, 4.69) is 4.98 Å². The number of carbonyl (C=O) groups is 2. The lowest BCUT2D eigenvalue weighted by molar-refractivity contribution is 0.0535. The summed E-state index contributed by atoms with van der Waals surface area (Å²) in [7, 11) is 1.61. The number of likely N-dealkylation sites (tertiary alicyclic amines) is 1. The van der Waals surface area contributed by atoms with Crippen LogP contribution in [0.1, 0.15) is 33.7 Å². The summed E-state index contributed by atoms with van der Waals surface area (Å²) in [5.74, 6) is -0.452. The molecule has 0 bridgehead atoms. The quantitative estimate of drug-likeness (QED) is 0.861. The molecule has 2 amide bonds. The minimum Gasteiger partial charge on any atom is -0.488 e. The molecule has 2 aromatic heterocycles. The van der Waals surface area contributed by atoms with Gasteiger partial charge in [0.1, 0.15) is 23.1 Å². The van der Waals surface area contributed by atoms with Gasteiger partial charge < -0.3 is 19.9 Å². The van der Waals surface area contributed by atoms with Crippen LogP contribution >= 0.6 is 0 Å². The first-order chi connectivity index (χ1) is 12.5.